The minimum Gasteiger partial charge on any atom is -0.325 e. The van der Waals surface area contributed by atoms with Crippen molar-refractivity contribution in [3.05, 3.63) is 59.2 Å². The fourth-order valence-electron chi connectivity index (χ4n) is 3.77. The molecule has 2 amide bonds. The number of carbonyl (C=O) groups is 2. The summed E-state index contributed by atoms with van der Waals surface area (Å²) in [5.41, 5.74) is 4.58. The first-order valence-electron chi connectivity index (χ1n) is 11.0. The first kappa shape index (κ1) is 22.3. The molecule has 0 spiro atoms. The number of fused-ring (bicyclic) bond motifs is 3. The summed E-state index contributed by atoms with van der Waals surface area (Å²) in [5, 5.41) is 3.07. The summed E-state index contributed by atoms with van der Waals surface area (Å²) in [5.74, 6) is 0.561. The minimum absolute atomic E-state index is 0.0720. The molecule has 0 saturated heterocycles. The number of nitrogens with zero attached hydrogens (tertiary/aromatic N) is 3. The van der Waals surface area contributed by atoms with Crippen LogP contribution in [0, 0.1) is 19.8 Å². The number of benzene rings is 2. The molecule has 0 aliphatic carbocycles. The molecule has 0 fully saturated rings. The summed E-state index contributed by atoms with van der Waals surface area (Å²) in [6, 6.07) is 13.1. The Bertz CT molecular complexity index is 1140. The van der Waals surface area contributed by atoms with Crippen LogP contribution in [0.2, 0.25) is 0 Å². The highest BCUT2D eigenvalue weighted by atomic mass is 32.2. The summed E-state index contributed by atoms with van der Waals surface area (Å²) in [6.07, 6.45) is 0.858. The zero-order chi connectivity index (χ0) is 23.0. The van der Waals surface area contributed by atoms with E-state index in [0.29, 0.717) is 11.0 Å². The lowest BCUT2D eigenvalue weighted by Crippen LogP contribution is -2.43. The fraction of sp³-hybridized carbons (Fsp3) is 0.360. The Morgan fingerprint density at radius 2 is 1.91 bits per heavy atom. The molecule has 0 bridgehead atoms. The minimum atomic E-state index is -0.448. The van der Waals surface area contributed by atoms with Crippen molar-refractivity contribution in [3.63, 3.8) is 0 Å². The van der Waals surface area contributed by atoms with Crippen molar-refractivity contribution < 1.29 is 9.59 Å². The average Bonchev–Trinajstić information content (AvgIpc) is 3.14. The molecule has 2 aliphatic heterocycles. The Morgan fingerprint density at radius 3 is 2.66 bits per heavy atom. The van der Waals surface area contributed by atoms with Crippen molar-refractivity contribution in [1.29, 1.82) is 0 Å². The Kier molecular flexibility index (Phi) is 6.20. The number of anilines is 1. The molecule has 3 unspecified atom stereocenters. The van der Waals surface area contributed by atoms with E-state index >= 15 is 0 Å². The van der Waals surface area contributed by atoms with Gasteiger partial charge in [0.2, 0.25) is 5.91 Å². The van der Waals surface area contributed by atoms with Crippen molar-refractivity contribution in [3.8, 4) is 0 Å². The van der Waals surface area contributed by atoms with Crippen molar-refractivity contribution >= 4 is 46.0 Å². The number of para-hydroxylation sites is 1. The van der Waals surface area contributed by atoms with Crippen LogP contribution in [0.3, 0.4) is 0 Å². The number of carbonyl (C=O) groups excluding carboxylic acids is 2. The average molecular weight is 449 g/mol. The molecule has 2 aromatic carbocycles. The second-order valence-electron chi connectivity index (χ2n) is 8.37. The van der Waals surface area contributed by atoms with Crippen LogP contribution in [0.15, 0.2) is 52.4 Å². The maximum Gasteiger partial charge on any atom is 0.259 e. The fourth-order valence-corrected chi connectivity index (χ4v) is 4.69. The highest BCUT2D eigenvalue weighted by Gasteiger charge is 2.43. The molecule has 7 heteroatoms. The maximum atomic E-state index is 13.3. The maximum absolute atomic E-state index is 13.3. The molecule has 32 heavy (non-hydrogen) atoms. The van der Waals surface area contributed by atoms with Crippen LogP contribution in [0.25, 0.3) is 0 Å². The van der Waals surface area contributed by atoms with Crippen LogP contribution < -0.4 is 5.32 Å². The van der Waals surface area contributed by atoms with E-state index in [-0.39, 0.29) is 17.7 Å². The molecule has 2 aliphatic rings. The third kappa shape index (κ3) is 3.97. The van der Waals surface area contributed by atoms with E-state index in [2.05, 4.69) is 12.2 Å². The van der Waals surface area contributed by atoms with Gasteiger partial charge in [-0.3, -0.25) is 14.6 Å². The lowest BCUT2D eigenvalue weighted by molar-refractivity contribution is -0.125. The van der Waals surface area contributed by atoms with Crippen LogP contribution in [0.4, 0.5) is 11.4 Å². The van der Waals surface area contributed by atoms with Gasteiger partial charge in [-0.05, 0) is 56.0 Å². The van der Waals surface area contributed by atoms with Crippen LogP contribution in [0.5, 0.6) is 0 Å². The molecule has 6 nitrogen and oxygen atoms in total. The van der Waals surface area contributed by atoms with Crippen molar-refractivity contribution in [1.82, 2.24) is 4.90 Å². The summed E-state index contributed by atoms with van der Waals surface area (Å²) in [6.45, 7) is 9.95. The number of hydrogen-bond donors (Lipinski definition) is 1. The topological polar surface area (TPSA) is 74.1 Å². The predicted molar refractivity (Wildman–Crippen MR) is 132 cm³/mol. The van der Waals surface area contributed by atoms with E-state index in [9.17, 15) is 9.59 Å². The van der Waals surface area contributed by atoms with E-state index in [1.165, 1.54) is 11.8 Å². The van der Waals surface area contributed by atoms with Gasteiger partial charge in [0, 0.05) is 11.3 Å². The van der Waals surface area contributed by atoms with E-state index < -0.39 is 11.3 Å². The third-order valence-corrected chi connectivity index (χ3v) is 7.25. The first-order chi connectivity index (χ1) is 15.3. The van der Waals surface area contributed by atoms with Crippen LogP contribution in [0.1, 0.15) is 43.9 Å². The molecule has 166 valence electrons. The lowest BCUT2D eigenvalue weighted by Gasteiger charge is -2.27. The number of nitrogens with one attached hydrogen (secondary N) is 1. The van der Waals surface area contributed by atoms with E-state index in [1.54, 1.807) is 4.90 Å². The third-order valence-electron chi connectivity index (χ3n) is 6.20. The van der Waals surface area contributed by atoms with Gasteiger partial charge in [-0.15, -0.1) is 0 Å². The molecule has 4 rings (SSSR count). The van der Waals surface area contributed by atoms with Crippen LogP contribution >= 0.6 is 11.8 Å². The normalized spacial score (nSPS) is 19.0. The molecule has 1 N–H and O–H groups in total. The quantitative estimate of drug-likeness (QED) is 0.694. The zero-order valence-corrected chi connectivity index (χ0v) is 19.9. The van der Waals surface area contributed by atoms with Gasteiger partial charge >= 0.3 is 0 Å². The summed E-state index contributed by atoms with van der Waals surface area (Å²) < 4.78 is 0. The number of rotatable bonds is 5. The summed E-state index contributed by atoms with van der Waals surface area (Å²) in [7, 11) is 0. The standard InChI is InChI=1S/C25H28N4O2S/c1-6-14(2)21-24(31)29-22(28-21)18-11-7-8-12-20(18)27-25(29)32-17(5)23(30)26-19-13-9-10-15(3)16(19)4/h7-14,17,21H,6H2,1-5H3,(H,26,30). The largest absolute Gasteiger partial charge is 0.325 e. The summed E-state index contributed by atoms with van der Waals surface area (Å²) in [4.78, 5) is 37.4. The second kappa shape index (κ2) is 8.90. The summed E-state index contributed by atoms with van der Waals surface area (Å²) >= 11 is 1.29. The van der Waals surface area contributed by atoms with Gasteiger partial charge < -0.3 is 5.32 Å². The SMILES string of the molecule is CCC(C)C1N=C2c3ccccc3N=C(SC(C)C(=O)Nc3cccc(C)c3C)N2C1=O. The number of aryl methyl sites for hydroxylation is 1. The highest BCUT2D eigenvalue weighted by molar-refractivity contribution is 8.15. The Balaban J connectivity index is 1.61. The number of amidine groups is 2. The second-order valence-corrected chi connectivity index (χ2v) is 9.67. The monoisotopic (exact) mass is 448 g/mol. The Labute approximate surface area is 193 Å². The molecule has 0 aromatic heterocycles. The molecular formula is C25H28N4O2S. The number of aliphatic imine (C=N–C) groups is 2. The molecular weight excluding hydrogens is 420 g/mol. The van der Waals surface area contributed by atoms with Crippen LogP contribution in [-0.4, -0.2) is 39.0 Å². The van der Waals surface area contributed by atoms with Gasteiger partial charge in [-0.1, -0.05) is 56.3 Å². The predicted octanol–water partition coefficient (Wildman–Crippen LogP) is 5.07. The van der Waals surface area contributed by atoms with Crippen molar-refractivity contribution in [2.45, 2.75) is 52.3 Å². The molecule has 2 heterocycles. The van der Waals surface area contributed by atoms with Gasteiger partial charge in [-0.25, -0.2) is 9.89 Å². The van der Waals surface area contributed by atoms with E-state index in [1.807, 2.05) is 70.2 Å². The van der Waals surface area contributed by atoms with Gasteiger partial charge in [-0.2, -0.15) is 0 Å². The lowest BCUT2D eigenvalue weighted by atomic mass is 10.00. The van der Waals surface area contributed by atoms with Crippen LogP contribution in [-0.2, 0) is 9.59 Å². The zero-order valence-electron chi connectivity index (χ0n) is 19.0. The van der Waals surface area contributed by atoms with Gasteiger partial charge in [0.15, 0.2) is 5.17 Å². The van der Waals surface area contributed by atoms with Crippen molar-refractivity contribution in [2.24, 2.45) is 15.9 Å². The number of hydrogen-bond acceptors (Lipinski definition) is 5. The Morgan fingerprint density at radius 1 is 1.16 bits per heavy atom. The smallest absolute Gasteiger partial charge is 0.259 e. The Hall–Kier alpha value is -2.93. The highest BCUT2D eigenvalue weighted by Crippen LogP contribution is 2.36. The molecule has 3 atom stereocenters. The van der Waals surface area contributed by atoms with Crippen molar-refractivity contribution in [2.75, 3.05) is 5.32 Å². The van der Waals surface area contributed by atoms with Gasteiger partial charge in [0.1, 0.15) is 11.9 Å². The number of amides is 2. The molecule has 0 saturated carbocycles. The van der Waals surface area contributed by atoms with Gasteiger partial charge in [0.05, 0.1) is 10.9 Å². The molecule has 2 aromatic rings. The van der Waals surface area contributed by atoms with Gasteiger partial charge in [0.25, 0.3) is 5.91 Å². The van der Waals surface area contributed by atoms with E-state index in [0.717, 1.165) is 34.5 Å². The first-order valence-corrected chi connectivity index (χ1v) is 11.8. The van der Waals surface area contributed by atoms with E-state index in [4.69, 9.17) is 9.98 Å². The molecule has 0 radical (unpaired) electrons. The number of thioether (sulfide) groups is 1.